The van der Waals surface area contributed by atoms with Crippen LogP contribution in [-0.4, -0.2) is 41.8 Å². The van der Waals surface area contributed by atoms with E-state index in [0.29, 0.717) is 19.0 Å². The molecule has 25 heavy (non-hydrogen) atoms. The maximum absolute atomic E-state index is 6.00. The van der Waals surface area contributed by atoms with E-state index >= 15 is 0 Å². The number of aromatic nitrogens is 2. The molecule has 130 valence electrons. The van der Waals surface area contributed by atoms with Gasteiger partial charge in [0.2, 0.25) is 5.89 Å². The van der Waals surface area contributed by atoms with E-state index in [1.165, 1.54) is 10.9 Å². The summed E-state index contributed by atoms with van der Waals surface area (Å²) in [5.41, 5.74) is 1.19. The van der Waals surface area contributed by atoms with Crippen LogP contribution < -0.4 is 4.74 Å². The van der Waals surface area contributed by atoms with Gasteiger partial charge in [0.15, 0.2) is 5.82 Å². The Bertz CT molecular complexity index is 877. The Balaban J connectivity index is 1.51. The van der Waals surface area contributed by atoms with Crippen molar-refractivity contribution in [3.63, 3.8) is 0 Å². The maximum atomic E-state index is 6.00. The first-order chi connectivity index (χ1) is 12.2. The fourth-order valence-electron chi connectivity index (χ4n) is 3.22. The number of ether oxygens (including phenoxy) is 2. The van der Waals surface area contributed by atoms with Crippen molar-refractivity contribution in [2.45, 2.75) is 19.6 Å². The summed E-state index contributed by atoms with van der Waals surface area (Å²) in [4.78, 5) is 6.59. The van der Waals surface area contributed by atoms with Crippen LogP contribution in [0, 0.1) is 6.92 Å². The highest BCUT2D eigenvalue weighted by Crippen LogP contribution is 2.28. The van der Waals surface area contributed by atoms with Gasteiger partial charge in [0.05, 0.1) is 26.4 Å². The SMILES string of the molecule is COc1ccc2cc(C3CN(Cc4noc(C)n4)CCO3)ccc2c1. The molecule has 0 radical (unpaired) electrons. The second kappa shape index (κ2) is 6.82. The Labute approximate surface area is 146 Å². The topological polar surface area (TPSA) is 60.6 Å². The molecule has 2 heterocycles. The summed E-state index contributed by atoms with van der Waals surface area (Å²) in [6, 6.07) is 12.6. The predicted molar refractivity (Wildman–Crippen MR) is 93.5 cm³/mol. The third-order valence-corrected chi connectivity index (χ3v) is 4.53. The average molecular weight is 339 g/mol. The number of fused-ring (bicyclic) bond motifs is 1. The van der Waals surface area contributed by atoms with Crippen LogP contribution in [0.3, 0.4) is 0 Å². The van der Waals surface area contributed by atoms with Crippen LogP contribution in [0.5, 0.6) is 5.75 Å². The largest absolute Gasteiger partial charge is 0.497 e. The Morgan fingerprint density at radius 1 is 1.20 bits per heavy atom. The maximum Gasteiger partial charge on any atom is 0.223 e. The molecule has 2 aromatic carbocycles. The van der Waals surface area contributed by atoms with Gasteiger partial charge in [0.1, 0.15) is 5.75 Å². The van der Waals surface area contributed by atoms with Crippen molar-refractivity contribution in [1.82, 2.24) is 15.0 Å². The lowest BCUT2D eigenvalue weighted by Crippen LogP contribution is -2.38. The number of methoxy groups -OCH3 is 1. The van der Waals surface area contributed by atoms with Crippen LogP contribution in [0.2, 0.25) is 0 Å². The van der Waals surface area contributed by atoms with Crippen LogP contribution in [0.25, 0.3) is 10.8 Å². The zero-order valence-corrected chi connectivity index (χ0v) is 14.4. The predicted octanol–water partition coefficient (Wildman–Crippen LogP) is 3.11. The van der Waals surface area contributed by atoms with Gasteiger partial charge in [-0.15, -0.1) is 0 Å². The van der Waals surface area contributed by atoms with Gasteiger partial charge in [-0.25, -0.2) is 0 Å². The summed E-state index contributed by atoms with van der Waals surface area (Å²) < 4.78 is 16.3. The molecule has 0 spiro atoms. The monoisotopic (exact) mass is 339 g/mol. The number of benzene rings is 2. The van der Waals surface area contributed by atoms with Crippen molar-refractivity contribution < 1.29 is 14.0 Å². The first-order valence-corrected chi connectivity index (χ1v) is 8.42. The van der Waals surface area contributed by atoms with E-state index in [4.69, 9.17) is 14.0 Å². The Morgan fingerprint density at radius 3 is 2.84 bits per heavy atom. The minimum atomic E-state index is 0.0493. The number of rotatable bonds is 4. The molecule has 4 rings (SSSR count). The third-order valence-electron chi connectivity index (χ3n) is 4.53. The number of morpholine rings is 1. The summed E-state index contributed by atoms with van der Waals surface area (Å²) in [6.45, 7) is 4.87. The highest BCUT2D eigenvalue weighted by atomic mass is 16.5. The molecule has 1 atom stereocenters. The molecule has 1 fully saturated rings. The standard InChI is InChI=1S/C19H21N3O3/c1-13-20-19(21-25-13)12-22-7-8-24-18(11-22)16-4-3-15-10-17(23-2)6-5-14(15)9-16/h3-6,9-10,18H,7-8,11-12H2,1-2H3. The molecule has 1 saturated heterocycles. The summed E-state index contributed by atoms with van der Waals surface area (Å²) in [5.74, 6) is 2.20. The van der Waals surface area contributed by atoms with Crippen LogP contribution in [-0.2, 0) is 11.3 Å². The molecule has 1 unspecified atom stereocenters. The highest BCUT2D eigenvalue weighted by molar-refractivity contribution is 5.84. The molecule has 1 aromatic heterocycles. The number of aryl methyl sites for hydroxylation is 1. The summed E-state index contributed by atoms with van der Waals surface area (Å²) in [6.07, 6.45) is 0.0493. The molecular weight excluding hydrogens is 318 g/mol. The first-order valence-electron chi connectivity index (χ1n) is 8.42. The van der Waals surface area contributed by atoms with Crippen molar-refractivity contribution in [3.8, 4) is 5.75 Å². The van der Waals surface area contributed by atoms with Gasteiger partial charge in [0, 0.05) is 20.0 Å². The molecule has 0 amide bonds. The fourth-order valence-corrected chi connectivity index (χ4v) is 3.22. The molecule has 0 N–H and O–H groups in total. The van der Waals surface area contributed by atoms with Crippen molar-refractivity contribution in [3.05, 3.63) is 53.7 Å². The Kier molecular flexibility index (Phi) is 4.38. The molecule has 1 aliphatic rings. The van der Waals surface area contributed by atoms with Gasteiger partial charge in [-0.3, -0.25) is 4.90 Å². The van der Waals surface area contributed by atoms with Gasteiger partial charge in [0.25, 0.3) is 0 Å². The van der Waals surface area contributed by atoms with Crippen molar-refractivity contribution in [2.24, 2.45) is 0 Å². The number of nitrogens with zero attached hydrogens (tertiary/aromatic N) is 3. The number of hydrogen-bond donors (Lipinski definition) is 0. The van der Waals surface area contributed by atoms with Crippen molar-refractivity contribution in [2.75, 3.05) is 26.8 Å². The van der Waals surface area contributed by atoms with Gasteiger partial charge in [-0.2, -0.15) is 4.98 Å². The molecular formula is C19H21N3O3. The molecule has 0 saturated carbocycles. The van der Waals surface area contributed by atoms with Gasteiger partial charge in [-0.05, 0) is 34.5 Å². The molecule has 6 heteroatoms. The molecule has 3 aromatic rings. The van der Waals surface area contributed by atoms with E-state index in [1.54, 1.807) is 7.11 Å². The van der Waals surface area contributed by atoms with Crippen LogP contribution in [0.1, 0.15) is 23.4 Å². The zero-order chi connectivity index (χ0) is 17.2. The van der Waals surface area contributed by atoms with E-state index in [0.717, 1.165) is 30.0 Å². The molecule has 1 aliphatic heterocycles. The van der Waals surface area contributed by atoms with E-state index < -0.39 is 0 Å². The van der Waals surface area contributed by atoms with Gasteiger partial charge in [-0.1, -0.05) is 23.4 Å². The lowest BCUT2D eigenvalue weighted by molar-refractivity contribution is -0.0337. The smallest absolute Gasteiger partial charge is 0.223 e. The van der Waals surface area contributed by atoms with Crippen LogP contribution >= 0.6 is 0 Å². The minimum Gasteiger partial charge on any atom is -0.497 e. The average Bonchev–Trinajstić information content (AvgIpc) is 3.05. The van der Waals surface area contributed by atoms with Gasteiger partial charge >= 0.3 is 0 Å². The van der Waals surface area contributed by atoms with E-state index in [9.17, 15) is 0 Å². The van der Waals surface area contributed by atoms with Crippen molar-refractivity contribution in [1.29, 1.82) is 0 Å². The lowest BCUT2D eigenvalue weighted by atomic mass is 10.0. The minimum absolute atomic E-state index is 0.0493. The third kappa shape index (κ3) is 3.50. The van der Waals surface area contributed by atoms with E-state index in [-0.39, 0.29) is 6.10 Å². The quantitative estimate of drug-likeness (QED) is 0.728. The molecule has 0 bridgehead atoms. The normalized spacial score (nSPS) is 18.6. The second-order valence-corrected chi connectivity index (χ2v) is 6.30. The Morgan fingerprint density at radius 2 is 2.04 bits per heavy atom. The van der Waals surface area contributed by atoms with Crippen LogP contribution in [0.15, 0.2) is 40.9 Å². The number of hydrogen-bond acceptors (Lipinski definition) is 6. The van der Waals surface area contributed by atoms with Crippen molar-refractivity contribution >= 4 is 10.8 Å². The summed E-state index contributed by atoms with van der Waals surface area (Å²) in [7, 11) is 1.69. The molecule has 6 nitrogen and oxygen atoms in total. The molecule has 0 aliphatic carbocycles. The van der Waals surface area contributed by atoms with Crippen LogP contribution in [0.4, 0.5) is 0 Å². The first kappa shape index (κ1) is 16.1. The summed E-state index contributed by atoms with van der Waals surface area (Å²) >= 11 is 0. The Hall–Kier alpha value is -2.44. The second-order valence-electron chi connectivity index (χ2n) is 6.30. The van der Waals surface area contributed by atoms with E-state index in [2.05, 4.69) is 39.3 Å². The van der Waals surface area contributed by atoms with Gasteiger partial charge < -0.3 is 14.0 Å². The lowest BCUT2D eigenvalue weighted by Gasteiger charge is -2.32. The summed E-state index contributed by atoms with van der Waals surface area (Å²) in [5, 5.41) is 6.34. The zero-order valence-electron chi connectivity index (χ0n) is 14.4. The fraction of sp³-hybridized carbons (Fsp3) is 0.368. The highest BCUT2D eigenvalue weighted by Gasteiger charge is 2.23. The van der Waals surface area contributed by atoms with E-state index in [1.807, 2.05) is 19.1 Å².